The molecule has 6 atom stereocenters. The minimum absolute atomic E-state index is 0.152. The zero-order valence-electron chi connectivity index (χ0n) is 16.1. The van der Waals surface area contributed by atoms with Crippen molar-refractivity contribution in [1.82, 2.24) is 5.06 Å². The summed E-state index contributed by atoms with van der Waals surface area (Å²) in [4.78, 5) is 10.8. The van der Waals surface area contributed by atoms with Crippen LogP contribution in [-0.4, -0.2) is 66.1 Å². The lowest BCUT2D eigenvalue weighted by Crippen LogP contribution is -2.62. The van der Waals surface area contributed by atoms with Crippen LogP contribution in [0.15, 0.2) is 34.0 Å². The first-order chi connectivity index (χ1) is 13.4. The number of azide groups is 2. The van der Waals surface area contributed by atoms with Gasteiger partial charge in [0.1, 0.15) is 6.10 Å². The van der Waals surface area contributed by atoms with E-state index in [1.165, 1.54) is 12.2 Å². The van der Waals surface area contributed by atoms with Crippen LogP contribution in [0.3, 0.4) is 0 Å². The van der Waals surface area contributed by atoms with Crippen molar-refractivity contribution in [2.24, 2.45) is 16.1 Å². The summed E-state index contributed by atoms with van der Waals surface area (Å²) in [6.45, 7) is 6.28. The molecule has 1 fully saturated rings. The normalized spacial score (nSPS) is 32.8. The van der Waals surface area contributed by atoms with E-state index in [2.05, 4.69) is 32.7 Å². The third kappa shape index (κ3) is 5.24. The van der Waals surface area contributed by atoms with Crippen LogP contribution in [0.25, 0.3) is 20.9 Å². The summed E-state index contributed by atoms with van der Waals surface area (Å²) in [7, 11) is 1.45. The number of hydroxylamine groups is 2. The van der Waals surface area contributed by atoms with E-state index in [0.717, 1.165) is 30.4 Å². The summed E-state index contributed by atoms with van der Waals surface area (Å²) >= 11 is 0. The number of aliphatic hydroxyl groups excluding tert-OH is 2. The Morgan fingerprint density at radius 3 is 2.68 bits per heavy atom. The topological polar surface area (TPSA) is 160 Å². The summed E-state index contributed by atoms with van der Waals surface area (Å²) in [5.41, 5.74) is 19.6. The van der Waals surface area contributed by atoms with Crippen LogP contribution >= 0.6 is 0 Å². The van der Waals surface area contributed by atoms with Gasteiger partial charge in [-0.25, -0.2) is 0 Å². The fourth-order valence-corrected chi connectivity index (χ4v) is 3.58. The molecule has 0 radical (unpaired) electrons. The maximum absolute atomic E-state index is 10.5. The maximum atomic E-state index is 10.5. The van der Waals surface area contributed by atoms with Gasteiger partial charge in [-0.1, -0.05) is 34.0 Å². The van der Waals surface area contributed by atoms with Crippen molar-refractivity contribution in [2.45, 2.75) is 56.8 Å². The van der Waals surface area contributed by atoms with Crippen LogP contribution in [-0.2, 0) is 9.57 Å². The van der Waals surface area contributed by atoms with Gasteiger partial charge in [0.2, 0.25) is 0 Å². The minimum atomic E-state index is -1.39. The van der Waals surface area contributed by atoms with E-state index in [1.54, 1.807) is 0 Å². The lowest BCUT2D eigenvalue weighted by atomic mass is 9.85. The maximum Gasteiger partial charge on any atom is 0.162 e. The average molecular weight is 393 g/mol. The molecule has 2 rings (SSSR count). The van der Waals surface area contributed by atoms with E-state index in [-0.39, 0.29) is 6.54 Å². The number of rotatable bonds is 8. The molecule has 1 aliphatic carbocycles. The van der Waals surface area contributed by atoms with Crippen LogP contribution in [0.4, 0.5) is 0 Å². The SMILES string of the molecule is C=C(C)[C@@H]1CC=C(CN(OC)C2O[C@H](CN=[N+]=[N-])[C@@H](N=[N+]=[N-])[C@H](O)[C@H]2O)CC1. The van der Waals surface area contributed by atoms with Crippen LogP contribution < -0.4 is 0 Å². The highest BCUT2D eigenvalue weighted by atomic mass is 16.7. The standard InChI is InChI=1S/C17H27N7O4/c1-10(2)12-6-4-11(5-7-12)9-24(27-3)17-16(26)15(25)14(21-23-19)13(28-17)8-20-22-18/h4,12-17,25-26H,1,5-9H2,2-3H3/t12-,13-,14-,15+,16-,17?/m1/s1. The number of nitrogens with zero attached hydrogens (tertiary/aromatic N) is 7. The number of hydrogen-bond acceptors (Lipinski definition) is 7. The fraction of sp³-hybridized carbons (Fsp3) is 0.765. The van der Waals surface area contributed by atoms with Crippen molar-refractivity contribution >= 4 is 0 Å². The second-order valence-electron chi connectivity index (χ2n) is 7.09. The molecule has 1 unspecified atom stereocenters. The van der Waals surface area contributed by atoms with E-state index in [9.17, 15) is 10.2 Å². The van der Waals surface area contributed by atoms with Crippen molar-refractivity contribution in [3.8, 4) is 0 Å². The molecule has 2 aliphatic rings. The van der Waals surface area contributed by atoms with E-state index < -0.39 is 30.6 Å². The summed E-state index contributed by atoms with van der Waals surface area (Å²) in [5, 5.41) is 29.3. The highest BCUT2D eigenvalue weighted by Gasteiger charge is 2.46. The van der Waals surface area contributed by atoms with E-state index in [1.807, 2.05) is 6.92 Å². The first-order valence-corrected chi connectivity index (χ1v) is 9.13. The zero-order chi connectivity index (χ0) is 20.7. The molecular weight excluding hydrogens is 366 g/mol. The number of hydrogen-bond donors (Lipinski definition) is 2. The van der Waals surface area contributed by atoms with Gasteiger partial charge >= 0.3 is 0 Å². The van der Waals surface area contributed by atoms with Crippen LogP contribution in [0, 0.1) is 5.92 Å². The van der Waals surface area contributed by atoms with Gasteiger partial charge < -0.3 is 14.9 Å². The number of ether oxygens (including phenoxy) is 1. The van der Waals surface area contributed by atoms with Gasteiger partial charge in [-0.15, -0.1) is 0 Å². The van der Waals surface area contributed by atoms with Gasteiger partial charge in [0, 0.05) is 16.4 Å². The predicted octanol–water partition coefficient (Wildman–Crippen LogP) is 2.59. The molecule has 11 nitrogen and oxygen atoms in total. The molecule has 0 spiro atoms. The molecule has 0 aromatic rings. The molecule has 0 aromatic heterocycles. The molecule has 1 heterocycles. The summed E-state index contributed by atoms with van der Waals surface area (Å²) in [6.07, 6.45) is 0.243. The van der Waals surface area contributed by atoms with Gasteiger partial charge in [0.25, 0.3) is 0 Å². The Kier molecular flexibility index (Phi) is 8.28. The summed E-state index contributed by atoms with van der Waals surface area (Å²) < 4.78 is 5.81. The zero-order valence-corrected chi connectivity index (χ0v) is 16.1. The van der Waals surface area contributed by atoms with Crippen LogP contribution in [0.2, 0.25) is 0 Å². The number of allylic oxidation sites excluding steroid dienone is 2. The third-order valence-corrected chi connectivity index (χ3v) is 5.28. The van der Waals surface area contributed by atoms with Gasteiger partial charge in [0.15, 0.2) is 6.23 Å². The molecule has 0 bridgehead atoms. The second-order valence-corrected chi connectivity index (χ2v) is 7.09. The van der Waals surface area contributed by atoms with E-state index in [0.29, 0.717) is 12.5 Å². The lowest BCUT2D eigenvalue weighted by Gasteiger charge is -2.44. The predicted molar refractivity (Wildman–Crippen MR) is 102 cm³/mol. The Morgan fingerprint density at radius 2 is 2.14 bits per heavy atom. The molecule has 0 amide bonds. The van der Waals surface area contributed by atoms with Gasteiger partial charge in [0.05, 0.1) is 31.9 Å². The van der Waals surface area contributed by atoms with E-state index >= 15 is 0 Å². The molecule has 154 valence electrons. The largest absolute Gasteiger partial charge is 0.390 e. The monoisotopic (exact) mass is 393 g/mol. The van der Waals surface area contributed by atoms with Gasteiger partial charge in [-0.2, -0.15) is 5.06 Å². The minimum Gasteiger partial charge on any atom is -0.390 e. The van der Waals surface area contributed by atoms with Crippen molar-refractivity contribution in [3.63, 3.8) is 0 Å². The van der Waals surface area contributed by atoms with Gasteiger partial charge in [-0.3, -0.25) is 4.84 Å². The average Bonchev–Trinajstić information content (AvgIpc) is 2.69. The van der Waals surface area contributed by atoms with Crippen LogP contribution in [0.5, 0.6) is 0 Å². The molecule has 0 saturated carbocycles. The summed E-state index contributed by atoms with van der Waals surface area (Å²) in [6, 6.07) is -1.08. The Labute approximate surface area is 163 Å². The Bertz CT molecular complexity index is 687. The molecular formula is C17H27N7O4. The molecule has 0 aromatic carbocycles. The Morgan fingerprint density at radius 1 is 1.39 bits per heavy atom. The van der Waals surface area contributed by atoms with Gasteiger partial charge in [-0.05, 0) is 43.2 Å². The van der Waals surface area contributed by atoms with Crippen molar-refractivity contribution in [2.75, 3.05) is 20.2 Å². The second kappa shape index (κ2) is 10.4. The van der Waals surface area contributed by atoms with Crippen molar-refractivity contribution < 1.29 is 19.8 Å². The quantitative estimate of drug-likeness (QED) is 0.213. The fourth-order valence-electron chi connectivity index (χ4n) is 3.58. The molecule has 1 saturated heterocycles. The summed E-state index contributed by atoms with van der Waals surface area (Å²) in [5.74, 6) is 0.468. The van der Waals surface area contributed by atoms with Crippen molar-refractivity contribution in [1.29, 1.82) is 0 Å². The molecule has 28 heavy (non-hydrogen) atoms. The first kappa shape index (κ1) is 22.2. The third-order valence-electron chi connectivity index (χ3n) is 5.28. The Balaban J connectivity index is 2.14. The Hall–Kier alpha value is -2.10. The lowest BCUT2D eigenvalue weighted by molar-refractivity contribution is -0.305. The molecule has 11 heteroatoms. The van der Waals surface area contributed by atoms with Crippen molar-refractivity contribution in [3.05, 3.63) is 44.7 Å². The number of aliphatic hydroxyl groups is 2. The molecule has 2 N–H and O–H groups in total. The molecule has 1 aliphatic heterocycles. The highest BCUT2D eigenvalue weighted by Crippen LogP contribution is 2.31. The highest BCUT2D eigenvalue weighted by molar-refractivity contribution is 5.13. The smallest absolute Gasteiger partial charge is 0.162 e. The van der Waals surface area contributed by atoms with E-state index in [4.69, 9.17) is 20.6 Å². The first-order valence-electron chi connectivity index (χ1n) is 9.13. The van der Waals surface area contributed by atoms with Crippen LogP contribution in [0.1, 0.15) is 26.2 Å².